The van der Waals surface area contributed by atoms with Gasteiger partial charge in [0, 0.05) is 0 Å². The molecule has 2 heteroatoms. The standard InChI is InChI=1S/C4H9N.W/c1-4-5(2)3;/h1-3H3;. The van der Waals surface area contributed by atoms with Crippen LogP contribution in [0.25, 0.3) is 0 Å². The Morgan fingerprint density at radius 1 is 1.50 bits per heavy atom. The average molecular weight is 255 g/mol. The van der Waals surface area contributed by atoms with Gasteiger partial charge in [0.1, 0.15) is 0 Å². The van der Waals surface area contributed by atoms with E-state index in [1.165, 1.54) is 4.02 Å². The Hall–Kier alpha value is 0.518. The van der Waals surface area contributed by atoms with Crippen molar-refractivity contribution in [2.45, 2.75) is 6.92 Å². The molecule has 0 rings (SSSR count). The van der Waals surface area contributed by atoms with E-state index in [2.05, 4.69) is 25.9 Å². The Balaban J connectivity index is 3.26. The fourth-order valence-electron chi connectivity index (χ4n) is 0. The second-order valence-electron chi connectivity index (χ2n) is 1.41. The van der Waals surface area contributed by atoms with E-state index in [-0.39, 0.29) is 0 Å². The summed E-state index contributed by atoms with van der Waals surface area (Å²) in [6.45, 7) is 2.12. The van der Waals surface area contributed by atoms with Crippen LogP contribution >= 0.6 is 0 Å². The van der Waals surface area contributed by atoms with Gasteiger partial charge < -0.3 is 0 Å². The monoisotopic (exact) mass is 255 g/mol. The minimum absolute atomic E-state index is 1.43. The molecule has 0 aliphatic rings. The van der Waals surface area contributed by atoms with Crippen molar-refractivity contribution in [1.82, 2.24) is 4.90 Å². The third-order valence-electron chi connectivity index (χ3n) is 0.630. The van der Waals surface area contributed by atoms with Gasteiger partial charge in [-0.1, -0.05) is 0 Å². The molecule has 0 atom stereocenters. The summed E-state index contributed by atoms with van der Waals surface area (Å²) in [5.74, 6) is 0. The molecular formula is C4H9NW. The summed E-state index contributed by atoms with van der Waals surface area (Å²) in [5, 5.41) is 0. The SMILES string of the molecule is C[C](=[W])N(C)C. The van der Waals surface area contributed by atoms with Crippen molar-refractivity contribution in [2.24, 2.45) is 0 Å². The minimum atomic E-state index is 1.43. The number of hydrogen-bond acceptors (Lipinski definition) is 1. The van der Waals surface area contributed by atoms with Crippen LogP contribution < -0.4 is 0 Å². The number of nitrogens with zero attached hydrogens (tertiary/aromatic N) is 1. The fourth-order valence-corrected chi connectivity index (χ4v) is 0. The molecule has 0 radical (unpaired) electrons. The zero-order chi connectivity index (χ0) is 5.15. The predicted molar refractivity (Wildman–Crippen MR) is 24.4 cm³/mol. The molecule has 0 heterocycles. The van der Waals surface area contributed by atoms with Crippen LogP contribution in [0, 0.1) is 0 Å². The van der Waals surface area contributed by atoms with Gasteiger partial charge in [-0.25, -0.2) is 0 Å². The van der Waals surface area contributed by atoms with E-state index in [4.69, 9.17) is 0 Å². The van der Waals surface area contributed by atoms with Crippen molar-refractivity contribution in [3.05, 3.63) is 0 Å². The third-order valence-corrected chi connectivity index (χ3v) is 1.94. The van der Waals surface area contributed by atoms with Gasteiger partial charge in [0.2, 0.25) is 0 Å². The molecule has 0 aromatic carbocycles. The van der Waals surface area contributed by atoms with Crippen molar-refractivity contribution in [1.29, 1.82) is 0 Å². The van der Waals surface area contributed by atoms with Crippen LogP contribution in [-0.4, -0.2) is 23.0 Å². The first kappa shape index (κ1) is 6.52. The molecule has 0 unspecified atom stereocenters. The van der Waals surface area contributed by atoms with Crippen LogP contribution in [0.15, 0.2) is 0 Å². The summed E-state index contributed by atoms with van der Waals surface area (Å²) in [6, 6.07) is 0. The van der Waals surface area contributed by atoms with Gasteiger partial charge in [-0.15, -0.1) is 0 Å². The summed E-state index contributed by atoms with van der Waals surface area (Å²) in [5.41, 5.74) is 0. The molecule has 0 N–H and O–H groups in total. The maximum absolute atomic E-state index is 2.12. The molecule has 0 aromatic heterocycles. The first-order valence-corrected chi connectivity index (χ1v) is 3.29. The van der Waals surface area contributed by atoms with E-state index in [1.54, 1.807) is 19.4 Å². The first-order valence-electron chi connectivity index (χ1n) is 1.82. The number of hydrogen-bond donors (Lipinski definition) is 0. The van der Waals surface area contributed by atoms with Gasteiger partial charge in [-0.3, -0.25) is 0 Å². The molecule has 0 aliphatic carbocycles. The Bertz CT molecular complexity index is 58.6. The normalized spacial score (nSPS) is 9.33. The Morgan fingerprint density at radius 2 is 1.67 bits per heavy atom. The van der Waals surface area contributed by atoms with E-state index in [9.17, 15) is 0 Å². The van der Waals surface area contributed by atoms with Crippen molar-refractivity contribution in [2.75, 3.05) is 14.1 Å². The summed E-state index contributed by atoms with van der Waals surface area (Å²) in [6.07, 6.45) is 0. The van der Waals surface area contributed by atoms with Crippen LogP contribution in [0.4, 0.5) is 0 Å². The quantitative estimate of drug-likeness (QED) is 0.649. The third kappa shape index (κ3) is 2.74. The van der Waals surface area contributed by atoms with Gasteiger partial charge in [-0.05, 0) is 0 Å². The van der Waals surface area contributed by atoms with Gasteiger partial charge in [-0.2, -0.15) is 0 Å². The topological polar surface area (TPSA) is 3.24 Å². The van der Waals surface area contributed by atoms with Crippen molar-refractivity contribution < 1.29 is 19.4 Å². The zero-order valence-corrected chi connectivity index (χ0v) is 7.29. The summed E-state index contributed by atoms with van der Waals surface area (Å²) in [4.78, 5) is 2.12. The molecule has 36 valence electrons. The molecule has 1 nitrogen and oxygen atoms in total. The molecule has 0 amide bonds. The van der Waals surface area contributed by atoms with Crippen LogP contribution in [0.5, 0.6) is 0 Å². The second-order valence-corrected chi connectivity index (χ2v) is 3.54. The number of rotatable bonds is 1. The summed E-state index contributed by atoms with van der Waals surface area (Å²) in [7, 11) is 4.12. The van der Waals surface area contributed by atoms with Gasteiger partial charge in [0.15, 0.2) is 0 Å². The Labute approximate surface area is 49.7 Å². The van der Waals surface area contributed by atoms with Crippen molar-refractivity contribution >= 4 is 4.02 Å². The Kier molecular flexibility index (Phi) is 2.88. The maximum atomic E-state index is 2.12. The van der Waals surface area contributed by atoms with Crippen LogP contribution in [0.2, 0.25) is 0 Å². The van der Waals surface area contributed by atoms with Gasteiger partial charge in [0.25, 0.3) is 0 Å². The summed E-state index contributed by atoms with van der Waals surface area (Å²) < 4.78 is 1.43. The predicted octanol–water partition coefficient (Wildman–Crippen LogP) is 0.245. The summed E-state index contributed by atoms with van der Waals surface area (Å²) >= 11 is 1.55. The van der Waals surface area contributed by atoms with Crippen molar-refractivity contribution in [3.8, 4) is 0 Å². The van der Waals surface area contributed by atoms with E-state index in [1.807, 2.05) is 0 Å². The zero-order valence-electron chi connectivity index (χ0n) is 4.36. The molecule has 0 aliphatic heterocycles. The van der Waals surface area contributed by atoms with E-state index in [0.29, 0.717) is 0 Å². The van der Waals surface area contributed by atoms with E-state index >= 15 is 0 Å². The van der Waals surface area contributed by atoms with E-state index < -0.39 is 0 Å². The molecular weight excluding hydrogens is 246 g/mol. The average Bonchev–Trinajstić information content (AvgIpc) is 1.36. The van der Waals surface area contributed by atoms with Crippen LogP contribution in [-0.2, 0) is 19.4 Å². The molecule has 0 saturated heterocycles. The van der Waals surface area contributed by atoms with Crippen LogP contribution in [0.1, 0.15) is 6.92 Å². The van der Waals surface area contributed by atoms with Gasteiger partial charge >= 0.3 is 49.3 Å². The first-order chi connectivity index (χ1) is 2.64. The molecule has 0 fully saturated rings. The molecule has 0 aromatic rings. The molecule has 0 bridgehead atoms. The fraction of sp³-hybridized carbons (Fsp3) is 0.750. The van der Waals surface area contributed by atoms with E-state index in [0.717, 1.165) is 0 Å². The van der Waals surface area contributed by atoms with Crippen molar-refractivity contribution in [3.63, 3.8) is 0 Å². The second kappa shape index (κ2) is 2.65. The van der Waals surface area contributed by atoms with Gasteiger partial charge in [0.05, 0.1) is 0 Å². The molecule has 0 spiro atoms. The Morgan fingerprint density at radius 3 is 1.67 bits per heavy atom. The van der Waals surface area contributed by atoms with Crippen LogP contribution in [0.3, 0.4) is 0 Å². The molecule has 6 heavy (non-hydrogen) atoms. The molecule has 0 saturated carbocycles.